The first kappa shape index (κ1) is 28.5. The molecule has 194 valence electrons. The van der Waals surface area contributed by atoms with E-state index in [0.29, 0.717) is 34.4 Å². The van der Waals surface area contributed by atoms with Crippen molar-refractivity contribution in [2.75, 3.05) is 46.0 Å². The minimum atomic E-state index is -1.85. The largest absolute Gasteiger partial charge is 0.494 e. The molecule has 0 aliphatic carbocycles. The lowest BCUT2D eigenvalue weighted by atomic mass is 9.84. The van der Waals surface area contributed by atoms with Crippen LogP contribution in [0.3, 0.4) is 0 Å². The van der Waals surface area contributed by atoms with Crippen LogP contribution in [0, 0.1) is 11.3 Å². The van der Waals surface area contributed by atoms with Gasteiger partial charge in [-0.25, -0.2) is 0 Å². The van der Waals surface area contributed by atoms with E-state index in [4.69, 9.17) is 18.9 Å². The molecule has 0 heterocycles. The Bertz CT molecular complexity index is 892. The van der Waals surface area contributed by atoms with Gasteiger partial charge in [-0.15, -0.1) is 0 Å². The Hall–Kier alpha value is -2.74. The highest BCUT2D eigenvalue weighted by Gasteiger charge is 2.52. The summed E-state index contributed by atoms with van der Waals surface area (Å²) < 4.78 is 35.6. The van der Waals surface area contributed by atoms with Crippen molar-refractivity contribution < 1.29 is 23.5 Å². The molecule has 0 fully saturated rings. The molecule has 0 saturated carbocycles. The number of hydrogen-bond donors (Lipinski definition) is 4. The molecule has 2 atom stereocenters. The van der Waals surface area contributed by atoms with E-state index < -0.39 is 13.2 Å². The molecule has 2 aromatic carbocycles. The molecule has 0 aliphatic heterocycles. The van der Waals surface area contributed by atoms with Crippen LogP contribution >= 0.6 is 7.80 Å². The minimum Gasteiger partial charge on any atom is -0.494 e. The Morgan fingerprint density at radius 2 is 1.11 bits per heavy atom. The summed E-state index contributed by atoms with van der Waals surface area (Å²) in [5.74, 6) is 2.23. The van der Waals surface area contributed by atoms with Crippen molar-refractivity contribution in [1.82, 2.24) is 10.9 Å². The molecule has 0 saturated heterocycles. The van der Waals surface area contributed by atoms with Gasteiger partial charge in [0.05, 0.1) is 28.4 Å². The van der Waals surface area contributed by atoms with Crippen LogP contribution in [0.4, 0.5) is 11.4 Å². The van der Waals surface area contributed by atoms with Crippen LogP contribution in [0.2, 0.25) is 0 Å². The Labute approximate surface area is 210 Å². The predicted molar refractivity (Wildman–Crippen MR) is 142 cm³/mol. The number of hydrogen-bond acceptors (Lipinski definition) is 9. The number of nitrogens with one attached hydrogen (secondary N) is 4. The molecule has 2 unspecified atom stereocenters. The van der Waals surface area contributed by atoms with Gasteiger partial charge in [-0.3, -0.25) is 0 Å². The molecule has 0 radical (unpaired) electrons. The normalized spacial score (nSPS) is 13.0. The second kappa shape index (κ2) is 12.3. The van der Waals surface area contributed by atoms with Crippen molar-refractivity contribution in [2.24, 2.45) is 11.3 Å². The summed E-state index contributed by atoms with van der Waals surface area (Å²) in [4.78, 5) is 0. The van der Waals surface area contributed by atoms with Crippen LogP contribution in [0.5, 0.6) is 23.0 Å². The van der Waals surface area contributed by atoms with Crippen molar-refractivity contribution in [1.29, 1.82) is 0 Å². The van der Waals surface area contributed by atoms with E-state index in [9.17, 15) is 4.57 Å². The quantitative estimate of drug-likeness (QED) is 0.160. The van der Waals surface area contributed by atoms with Crippen LogP contribution in [-0.4, -0.2) is 40.5 Å². The molecule has 0 amide bonds. The molecule has 0 bridgehead atoms. The zero-order valence-electron chi connectivity index (χ0n) is 22.2. The van der Waals surface area contributed by atoms with Gasteiger partial charge in [-0.2, -0.15) is 10.9 Å². The topological polar surface area (TPSA) is 102 Å². The molecule has 35 heavy (non-hydrogen) atoms. The minimum absolute atomic E-state index is 0.0103. The van der Waals surface area contributed by atoms with Gasteiger partial charge >= 0.3 is 13.2 Å². The van der Waals surface area contributed by atoms with Gasteiger partial charge in [0.25, 0.3) is 0 Å². The lowest BCUT2D eigenvalue weighted by molar-refractivity contribution is 0.211. The zero-order chi connectivity index (χ0) is 26.2. The van der Waals surface area contributed by atoms with E-state index >= 15 is 0 Å². The van der Waals surface area contributed by atoms with Gasteiger partial charge in [0, 0.05) is 5.92 Å². The fraction of sp³-hybridized carbons (Fsp3) is 0.520. The van der Waals surface area contributed by atoms with E-state index in [1.807, 2.05) is 36.4 Å². The third-order valence-electron chi connectivity index (χ3n) is 5.74. The Morgan fingerprint density at radius 3 is 1.37 bits per heavy atom. The van der Waals surface area contributed by atoms with Crippen molar-refractivity contribution in [3.8, 4) is 23.0 Å². The van der Waals surface area contributed by atoms with E-state index in [1.165, 1.54) is 0 Å². The smallest absolute Gasteiger partial charge is 0.377 e. The summed E-state index contributed by atoms with van der Waals surface area (Å²) in [7, 11) is 4.50. The predicted octanol–water partition coefficient (Wildman–Crippen LogP) is 5.44. The van der Waals surface area contributed by atoms with Crippen LogP contribution in [0.25, 0.3) is 0 Å². The van der Waals surface area contributed by atoms with Crippen molar-refractivity contribution >= 4 is 19.2 Å². The number of para-hydroxylation sites is 2. The zero-order valence-corrected chi connectivity index (χ0v) is 23.1. The van der Waals surface area contributed by atoms with Gasteiger partial charge in [-0.05, 0) is 36.1 Å². The van der Waals surface area contributed by atoms with E-state index in [-0.39, 0.29) is 11.3 Å². The summed E-state index contributed by atoms with van der Waals surface area (Å²) in [6.45, 7) is 10.2. The highest BCUT2D eigenvalue weighted by Crippen LogP contribution is 2.44. The maximum atomic E-state index is 13.5. The molecular weight excluding hydrogens is 467 g/mol. The highest BCUT2D eigenvalue weighted by molar-refractivity contribution is 7.45. The Morgan fingerprint density at radius 1 is 0.771 bits per heavy atom. The maximum Gasteiger partial charge on any atom is 0.377 e. The number of ether oxygens (including phenoxy) is 4. The van der Waals surface area contributed by atoms with E-state index in [1.54, 1.807) is 35.1 Å². The molecule has 0 spiro atoms. The molecular formula is C25H40N4O5P+. The Kier molecular flexibility index (Phi) is 10.0. The third kappa shape index (κ3) is 6.90. The van der Waals surface area contributed by atoms with Gasteiger partial charge in [0.15, 0.2) is 0 Å². The van der Waals surface area contributed by atoms with Crippen molar-refractivity contribution in [2.45, 2.75) is 39.5 Å². The van der Waals surface area contributed by atoms with Gasteiger partial charge in [0.1, 0.15) is 41.0 Å². The number of hydrazine groups is 2. The van der Waals surface area contributed by atoms with Crippen LogP contribution in [0.15, 0.2) is 36.4 Å². The standard InChI is InChI=1S/C25H40N4O5P/c1-17(16-24(2,3)4)25(35(9)30,28-26-22-18(31-5)12-10-13-19(22)32-6)29-27-23-20(33-7)14-11-15-21(23)34-8/h10-15,17,26-29H,16H2,1-9H3/q+1. The highest BCUT2D eigenvalue weighted by atomic mass is 31.1. The first-order valence-electron chi connectivity index (χ1n) is 11.4. The van der Waals surface area contributed by atoms with Crippen molar-refractivity contribution in [3.63, 3.8) is 0 Å². The monoisotopic (exact) mass is 507 g/mol. The summed E-state index contributed by atoms with van der Waals surface area (Å²) in [5, 5.41) is -1.10. The number of methoxy groups -OCH3 is 4. The average molecular weight is 508 g/mol. The second-order valence-electron chi connectivity index (χ2n) is 9.50. The number of anilines is 2. The van der Waals surface area contributed by atoms with Crippen molar-refractivity contribution in [3.05, 3.63) is 36.4 Å². The summed E-state index contributed by atoms with van der Waals surface area (Å²) in [6, 6.07) is 11.0. The molecule has 0 aliphatic rings. The first-order valence-corrected chi connectivity index (χ1v) is 13.1. The summed E-state index contributed by atoms with van der Waals surface area (Å²) in [5.41, 5.74) is 14.2. The molecule has 9 nitrogen and oxygen atoms in total. The lowest BCUT2D eigenvalue weighted by Crippen LogP contribution is -2.62. The van der Waals surface area contributed by atoms with Crippen LogP contribution < -0.4 is 40.7 Å². The molecule has 2 rings (SSSR count). The second-order valence-corrected chi connectivity index (χ2v) is 11.2. The third-order valence-corrected chi connectivity index (χ3v) is 7.40. The number of rotatable bonds is 13. The lowest BCUT2D eigenvalue weighted by Gasteiger charge is -2.35. The summed E-state index contributed by atoms with van der Waals surface area (Å²) >= 11 is 0. The van der Waals surface area contributed by atoms with Crippen LogP contribution in [0.1, 0.15) is 34.1 Å². The Balaban J connectivity index is 2.50. The average Bonchev–Trinajstić information content (AvgIpc) is 2.82. The number of benzene rings is 2. The molecule has 2 aromatic rings. The van der Waals surface area contributed by atoms with Gasteiger partial charge in [0.2, 0.25) is 0 Å². The fourth-order valence-corrected chi connectivity index (χ4v) is 5.21. The summed E-state index contributed by atoms with van der Waals surface area (Å²) in [6.07, 6.45) is 0.775. The fourth-order valence-electron chi connectivity index (χ4n) is 4.08. The molecule has 4 N–H and O–H groups in total. The van der Waals surface area contributed by atoms with E-state index in [2.05, 4.69) is 49.4 Å². The maximum absolute atomic E-state index is 13.5. The molecule has 10 heteroatoms. The van der Waals surface area contributed by atoms with Gasteiger partial charge in [-0.1, -0.05) is 44.4 Å². The SMILES string of the molecule is COc1cccc(OC)c1NNC(NNc1c(OC)cccc1OC)(C(C)CC(C)(C)C)[P+](C)=O. The van der Waals surface area contributed by atoms with Crippen LogP contribution in [-0.2, 0) is 4.57 Å². The molecule has 0 aromatic heterocycles. The van der Waals surface area contributed by atoms with Gasteiger partial charge < -0.3 is 29.8 Å². The first-order chi connectivity index (χ1) is 16.5. The van der Waals surface area contributed by atoms with E-state index in [0.717, 1.165) is 6.42 Å².